The number of hydrogen-bond donors (Lipinski definition) is 1. The van der Waals surface area contributed by atoms with E-state index in [0.717, 1.165) is 19.5 Å². The van der Waals surface area contributed by atoms with Crippen LogP contribution >= 0.6 is 0 Å². The Labute approximate surface area is 115 Å². The summed E-state index contributed by atoms with van der Waals surface area (Å²) in [5.74, 6) is 0. The van der Waals surface area contributed by atoms with E-state index in [4.69, 9.17) is 0 Å². The van der Waals surface area contributed by atoms with Gasteiger partial charge in [0.25, 0.3) is 0 Å². The molecule has 19 heavy (non-hydrogen) atoms. The number of aromatic nitrogens is 2. The first-order valence-corrected chi connectivity index (χ1v) is 7.02. The molecule has 3 heteroatoms. The van der Waals surface area contributed by atoms with Crippen LogP contribution in [0.3, 0.4) is 0 Å². The maximum absolute atomic E-state index is 4.35. The summed E-state index contributed by atoms with van der Waals surface area (Å²) in [5, 5.41) is 7.93. The molecule has 1 atom stereocenters. The number of benzene rings is 1. The summed E-state index contributed by atoms with van der Waals surface area (Å²) in [4.78, 5) is 0. The summed E-state index contributed by atoms with van der Waals surface area (Å²) in [5.41, 5.74) is 3.95. The molecule has 2 rings (SSSR count). The zero-order valence-corrected chi connectivity index (χ0v) is 12.1. The Kier molecular flexibility index (Phi) is 4.74. The van der Waals surface area contributed by atoms with E-state index in [1.807, 2.05) is 6.20 Å². The third kappa shape index (κ3) is 3.44. The maximum atomic E-state index is 4.35. The Morgan fingerprint density at radius 1 is 1.26 bits per heavy atom. The average Bonchev–Trinajstić information content (AvgIpc) is 2.84. The van der Waals surface area contributed by atoms with Crippen LogP contribution in [0.25, 0.3) is 0 Å². The van der Waals surface area contributed by atoms with Crippen LogP contribution in [0.15, 0.2) is 36.5 Å². The van der Waals surface area contributed by atoms with Crippen LogP contribution in [0.2, 0.25) is 0 Å². The molecule has 1 N–H and O–H groups in total. The van der Waals surface area contributed by atoms with E-state index in [1.54, 1.807) is 0 Å². The summed E-state index contributed by atoms with van der Waals surface area (Å²) in [6, 6.07) is 11.0. The number of aryl methyl sites for hydroxylation is 2. The summed E-state index contributed by atoms with van der Waals surface area (Å²) >= 11 is 0. The van der Waals surface area contributed by atoms with Gasteiger partial charge in [-0.2, -0.15) is 5.10 Å². The standard InChI is InChI=1S/C16H23N3/c1-4-11-19-15(9-10-18-19)12-17-14(3)16-8-6-5-7-13(16)2/h5-10,14,17H,4,11-12H2,1-3H3/t14-/m0/s1. The van der Waals surface area contributed by atoms with Gasteiger partial charge in [-0.1, -0.05) is 31.2 Å². The molecule has 0 saturated heterocycles. The topological polar surface area (TPSA) is 29.9 Å². The number of nitrogens with one attached hydrogen (secondary N) is 1. The van der Waals surface area contributed by atoms with E-state index in [1.165, 1.54) is 16.8 Å². The third-order valence-electron chi connectivity index (χ3n) is 3.48. The molecule has 0 saturated carbocycles. The second-order valence-corrected chi connectivity index (χ2v) is 5.00. The number of rotatable bonds is 6. The summed E-state index contributed by atoms with van der Waals surface area (Å²) in [6.07, 6.45) is 2.99. The quantitative estimate of drug-likeness (QED) is 0.859. The fourth-order valence-electron chi connectivity index (χ4n) is 2.36. The molecular weight excluding hydrogens is 234 g/mol. The highest BCUT2D eigenvalue weighted by Crippen LogP contribution is 2.17. The maximum Gasteiger partial charge on any atom is 0.0522 e. The van der Waals surface area contributed by atoms with Crippen molar-refractivity contribution in [2.75, 3.05) is 0 Å². The van der Waals surface area contributed by atoms with Gasteiger partial charge in [-0.25, -0.2) is 0 Å². The monoisotopic (exact) mass is 257 g/mol. The SMILES string of the molecule is CCCn1nccc1CN[C@@H](C)c1ccccc1C. The van der Waals surface area contributed by atoms with Crippen molar-refractivity contribution in [1.82, 2.24) is 15.1 Å². The highest BCUT2D eigenvalue weighted by Gasteiger charge is 2.08. The zero-order valence-electron chi connectivity index (χ0n) is 12.1. The highest BCUT2D eigenvalue weighted by molar-refractivity contribution is 5.28. The van der Waals surface area contributed by atoms with Gasteiger partial charge < -0.3 is 5.32 Å². The molecule has 0 amide bonds. The minimum absolute atomic E-state index is 0.353. The van der Waals surface area contributed by atoms with Crippen LogP contribution < -0.4 is 5.32 Å². The lowest BCUT2D eigenvalue weighted by Gasteiger charge is -2.17. The zero-order chi connectivity index (χ0) is 13.7. The van der Waals surface area contributed by atoms with Crippen molar-refractivity contribution >= 4 is 0 Å². The van der Waals surface area contributed by atoms with Crippen LogP contribution in [0.1, 0.15) is 43.1 Å². The third-order valence-corrected chi connectivity index (χ3v) is 3.48. The highest BCUT2D eigenvalue weighted by atomic mass is 15.3. The Balaban J connectivity index is 1.98. The van der Waals surface area contributed by atoms with E-state index in [-0.39, 0.29) is 0 Å². The predicted octanol–water partition coefficient (Wildman–Crippen LogP) is 3.45. The molecule has 0 fully saturated rings. The average molecular weight is 257 g/mol. The van der Waals surface area contributed by atoms with Crippen molar-refractivity contribution in [2.24, 2.45) is 0 Å². The molecule has 0 aliphatic heterocycles. The van der Waals surface area contributed by atoms with Gasteiger partial charge in [-0.15, -0.1) is 0 Å². The second-order valence-electron chi connectivity index (χ2n) is 5.00. The molecule has 102 valence electrons. The molecule has 3 nitrogen and oxygen atoms in total. The normalized spacial score (nSPS) is 12.6. The van der Waals surface area contributed by atoms with Crippen LogP contribution in [0.5, 0.6) is 0 Å². The first-order valence-electron chi connectivity index (χ1n) is 7.02. The minimum atomic E-state index is 0.353. The molecule has 0 radical (unpaired) electrons. The van der Waals surface area contributed by atoms with Crippen LogP contribution in [0.4, 0.5) is 0 Å². The van der Waals surface area contributed by atoms with Gasteiger partial charge >= 0.3 is 0 Å². The van der Waals surface area contributed by atoms with Crippen molar-refractivity contribution in [2.45, 2.75) is 46.3 Å². The van der Waals surface area contributed by atoms with Crippen molar-refractivity contribution in [3.63, 3.8) is 0 Å². The smallest absolute Gasteiger partial charge is 0.0522 e. The van der Waals surface area contributed by atoms with E-state index in [2.05, 4.69) is 66.2 Å². The lowest BCUT2D eigenvalue weighted by molar-refractivity contribution is 0.516. The summed E-state index contributed by atoms with van der Waals surface area (Å²) in [7, 11) is 0. The molecule has 1 aromatic carbocycles. The van der Waals surface area contributed by atoms with Crippen molar-refractivity contribution in [3.8, 4) is 0 Å². The molecule has 0 unspecified atom stereocenters. The van der Waals surface area contributed by atoms with Gasteiger partial charge in [0.05, 0.1) is 5.69 Å². The van der Waals surface area contributed by atoms with Crippen LogP contribution in [-0.2, 0) is 13.1 Å². The van der Waals surface area contributed by atoms with Gasteiger partial charge in [0.1, 0.15) is 0 Å². The Bertz CT molecular complexity index is 516. The second kappa shape index (κ2) is 6.53. The van der Waals surface area contributed by atoms with E-state index < -0.39 is 0 Å². The van der Waals surface area contributed by atoms with E-state index in [0.29, 0.717) is 6.04 Å². The fraction of sp³-hybridized carbons (Fsp3) is 0.438. The summed E-state index contributed by atoms with van der Waals surface area (Å²) in [6.45, 7) is 8.39. The lowest BCUT2D eigenvalue weighted by Crippen LogP contribution is -2.21. The van der Waals surface area contributed by atoms with Gasteiger partial charge in [0.2, 0.25) is 0 Å². The number of nitrogens with zero attached hydrogens (tertiary/aromatic N) is 2. The Hall–Kier alpha value is -1.61. The van der Waals surface area contributed by atoms with Crippen LogP contribution in [-0.4, -0.2) is 9.78 Å². The Morgan fingerprint density at radius 2 is 2.05 bits per heavy atom. The molecule has 0 spiro atoms. The fourth-order valence-corrected chi connectivity index (χ4v) is 2.36. The first kappa shape index (κ1) is 13.8. The van der Waals surface area contributed by atoms with Gasteiger partial charge in [-0.3, -0.25) is 4.68 Å². The molecule has 1 heterocycles. The van der Waals surface area contributed by atoms with Crippen molar-refractivity contribution in [1.29, 1.82) is 0 Å². The van der Waals surface area contributed by atoms with E-state index >= 15 is 0 Å². The molecular formula is C16H23N3. The van der Waals surface area contributed by atoms with Gasteiger partial charge in [0, 0.05) is 25.3 Å². The van der Waals surface area contributed by atoms with Crippen LogP contribution in [0, 0.1) is 6.92 Å². The molecule has 0 aliphatic rings. The van der Waals surface area contributed by atoms with Gasteiger partial charge in [-0.05, 0) is 37.5 Å². The molecule has 0 bridgehead atoms. The van der Waals surface area contributed by atoms with Crippen molar-refractivity contribution < 1.29 is 0 Å². The summed E-state index contributed by atoms with van der Waals surface area (Å²) < 4.78 is 2.08. The van der Waals surface area contributed by atoms with E-state index in [9.17, 15) is 0 Å². The molecule has 1 aromatic heterocycles. The first-order chi connectivity index (χ1) is 9.22. The Morgan fingerprint density at radius 3 is 2.79 bits per heavy atom. The largest absolute Gasteiger partial charge is 0.305 e. The van der Waals surface area contributed by atoms with Gasteiger partial charge in [0.15, 0.2) is 0 Å². The lowest BCUT2D eigenvalue weighted by atomic mass is 10.0. The molecule has 2 aromatic rings. The minimum Gasteiger partial charge on any atom is -0.305 e. The van der Waals surface area contributed by atoms with Crippen molar-refractivity contribution in [3.05, 3.63) is 53.3 Å². The predicted molar refractivity (Wildman–Crippen MR) is 79.0 cm³/mol. The molecule has 0 aliphatic carbocycles. The number of hydrogen-bond acceptors (Lipinski definition) is 2.